The van der Waals surface area contributed by atoms with E-state index >= 15 is 0 Å². The van der Waals surface area contributed by atoms with Crippen LogP contribution in [0.4, 0.5) is 0 Å². The van der Waals surface area contributed by atoms with E-state index < -0.39 is 0 Å². The van der Waals surface area contributed by atoms with Crippen molar-refractivity contribution in [3.05, 3.63) is 91.1 Å². The van der Waals surface area contributed by atoms with Crippen molar-refractivity contribution in [2.24, 2.45) is 0 Å². The molecule has 0 bridgehead atoms. The number of carbonyl (C=O) groups is 1. The van der Waals surface area contributed by atoms with E-state index in [1.54, 1.807) is 12.4 Å². The van der Waals surface area contributed by atoms with Gasteiger partial charge in [0.25, 0.3) is 0 Å². The molecule has 1 N–H and O–H groups in total. The topological polar surface area (TPSA) is 82.1 Å². The van der Waals surface area contributed by atoms with Gasteiger partial charge in [-0.15, -0.1) is 0 Å². The number of aliphatic hydroxyl groups is 1. The molecule has 6 aromatic rings. The van der Waals surface area contributed by atoms with Gasteiger partial charge in [-0.25, -0.2) is 0 Å². The number of nitrogens with zero attached hydrogens (tertiary/aromatic N) is 4. The fraction of sp³-hybridized carbons (Fsp3) is 0.0741. The molecule has 4 heterocycles. The van der Waals surface area contributed by atoms with Crippen LogP contribution in [0.1, 0.15) is 13.8 Å². The van der Waals surface area contributed by atoms with Crippen molar-refractivity contribution in [2.45, 2.75) is 13.8 Å². The van der Waals surface area contributed by atoms with Crippen molar-refractivity contribution >= 4 is 49.4 Å². The molecule has 34 heavy (non-hydrogen) atoms. The fourth-order valence-electron chi connectivity index (χ4n) is 4.08. The Labute approximate surface area is 209 Å². The zero-order valence-electron chi connectivity index (χ0n) is 18.6. The summed E-state index contributed by atoms with van der Waals surface area (Å²) < 4.78 is 2.15. The van der Waals surface area contributed by atoms with E-state index in [-0.39, 0.29) is 31.6 Å². The van der Waals surface area contributed by atoms with Gasteiger partial charge in [-0.1, -0.05) is 48.3 Å². The first-order chi connectivity index (χ1) is 16.0. The van der Waals surface area contributed by atoms with E-state index in [1.165, 1.54) is 36.1 Å². The van der Waals surface area contributed by atoms with Gasteiger partial charge in [-0.3, -0.25) is 14.8 Å². The number of carbonyl (C=O) groups excluding carboxylic acids is 1. The predicted molar refractivity (Wildman–Crippen MR) is 132 cm³/mol. The van der Waals surface area contributed by atoms with Crippen molar-refractivity contribution in [3.63, 3.8) is 0 Å². The van der Waals surface area contributed by atoms with Gasteiger partial charge in [0.1, 0.15) is 0 Å². The minimum absolute atomic E-state index is 0. The Balaban J connectivity index is 0.000000303. The number of benzene rings is 2. The van der Waals surface area contributed by atoms with Crippen molar-refractivity contribution in [2.75, 3.05) is 0 Å². The molecule has 0 amide bonds. The normalized spacial score (nSPS) is 11.4. The Morgan fingerprint density at radius 1 is 0.941 bits per heavy atom. The molecule has 0 spiro atoms. The van der Waals surface area contributed by atoms with Gasteiger partial charge in [-0.2, -0.15) is 0 Å². The van der Waals surface area contributed by atoms with E-state index in [0.29, 0.717) is 0 Å². The Morgan fingerprint density at radius 3 is 2.38 bits per heavy atom. The standard InChI is InChI=1S/C22H13N4.C5H8O2.Ir/c1-2-5-15-11-20-18(10-14(15)4-1)17-6-3-8-24-22(17)26(20)21-12-16-7-9-23-13-19(16)25-21;1-4(6)3-5(2)7;/h1-13H;3,6H,1-2H3;/q-1;;/b;4-3-;. The van der Waals surface area contributed by atoms with Gasteiger partial charge >= 0.3 is 0 Å². The van der Waals surface area contributed by atoms with Crippen LogP contribution in [0.15, 0.2) is 91.1 Å². The van der Waals surface area contributed by atoms with Crippen LogP contribution in [0.3, 0.4) is 0 Å². The number of pyridine rings is 2. The molecule has 2 aromatic carbocycles. The first-order valence-corrected chi connectivity index (χ1v) is 10.5. The van der Waals surface area contributed by atoms with Gasteiger partial charge < -0.3 is 14.7 Å². The van der Waals surface area contributed by atoms with Crippen LogP contribution in [0.2, 0.25) is 0 Å². The first-order valence-electron chi connectivity index (χ1n) is 10.5. The second-order valence-corrected chi connectivity index (χ2v) is 7.87. The number of fused-ring (bicyclic) bond motifs is 5. The molecule has 0 atom stereocenters. The molecule has 6 nitrogen and oxygen atoms in total. The van der Waals surface area contributed by atoms with E-state index in [1.807, 2.05) is 18.3 Å². The third-order valence-corrected chi connectivity index (χ3v) is 5.39. The second-order valence-electron chi connectivity index (χ2n) is 7.87. The maximum Gasteiger partial charge on any atom is 0.155 e. The maximum absolute atomic E-state index is 10.0. The minimum atomic E-state index is -0.125. The van der Waals surface area contributed by atoms with Crippen LogP contribution in [-0.2, 0) is 24.9 Å². The molecule has 1 radical (unpaired) electrons. The van der Waals surface area contributed by atoms with Gasteiger partial charge in [0.05, 0.1) is 11.4 Å². The summed E-state index contributed by atoms with van der Waals surface area (Å²) in [5, 5.41) is 14.2. The average molecular weight is 626 g/mol. The maximum atomic E-state index is 10.0. The first kappa shape index (κ1) is 23.4. The average Bonchev–Trinajstić information content (AvgIpc) is 3.35. The van der Waals surface area contributed by atoms with Crippen molar-refractivity contribution in [3.8, 4) is 5.82 Å². The predicted octanol–water partition coefficient (Wildman–Crippen LogP) is 5.87. The second kappa shape index (κ2) is 9.59. The summed E-state index contributed by atoms with van der Waals surface area (Å²) >= 11 is 0. The Hall–Kier alpha value is -3.80. The fourth-order valence-corrected chi connectivity index (χ4v) is 4.08. The van der Waals surface area contributed by atoms with Crippen molar-refractivity contribution in [1.82, 2.24) is 19.5 Å². The zero-order valence-corrected chi connectivity index (χ0v) is 21.0. The molecule has 0 saturated heterocycles. The quantitative estimate of drug-likeness (QED) is 0.192. The summed E-state index contributed by atoms with van der Waals surface area (Å²) in [6.45, 7) is 2.85. The van der Waals surface area contributed by atoms with E-state index in [2.05, 4.69) is 63.1 Å². The smallest absolute Gasteiger partial charge is 0.155 e. The number of aliphatic hydroxyl groups excluding tert-OH is 1. The van der Waals surface area contributed by atoms with Crippen molar-refractivity contribution in [1.29, 1.82) is 0 Å². The largest absolute Gasteiger partial charge is 0.512 e. The molecule has 6 rings (SSSR count). The SMILES string of the molecule is CC(=O)/C=C(/C)O.[Ir].c1ccc2cc3c(cc2c1)c1cccnc1n3-c1cc2ccncc2[n-]1. The summed E-state index contributed by atoms with van der Waals surface area (Å²) in [6.07, 6.45) is 6.60. The Morgan fingerprint density at radius 2 is 1.71 bits per heavy atom. The molecular formula is C27H21IrN4O2-. The Bertz CT molecular complexity index is 1640. The van der Waals surface area contributed by atoms with Crippen LogP contribution in [0.25, 0.3) is 49.4 Å². The summed E-state index contributed by atoms with van der Waals surface area (Å²) in [5.74, 6) is 0.814. The number of hydrogen-bond acceptors (Lipinski definition) is 4. The summed E-state index contributed by atoms with van der Waals surface area (Å²) in [4.78, 5) is 23.7. The third kappa shape index (κ3) is 4.36. The number of rotatable bonds is 2. The van der Waals surface area contributed by atoms with Gasteiger partial charge in [0, 0.05) is 50.2 Å². The van der Waals surface area contributed by atoms with Crippen LogP contribution in [-0.4, -0.2) is 25.4 Å². The molecule has 0 aliphatic carbocycles. The van der Waals surface area contributed by atoms with Crippen LogP contribution >= 0.6 is 0 Å². The molecule has 0 aliphatic heterocycles. The summed E-state index contributed by atoms with van der Waals surface area (Å²) in [7, 11) is 0. The molecule has 0 aliphatic rings. The van der Waals surface area contributed by atoms with Gasteiger partial charge in [0.15, 0.2) is 5.78 Å². The van der Waals surface area contributed by atoms with E-state index in [9.17, 15) is 4.79 Å². The number of aromatic nitrogens is 4. The molecule has 171 valence electrons. The third-order valence-electron chi connectivity index (χ3n) is 5.39. The van der Waals surface area contributed by atoms with E-state index in [0.717, 1.165) is 33.3 Å². The minimum Gasteiger partial charge on any atom is -0.512 e. The molecule has 7 heteroatoms. The molecule has 0 saturated carbocycles. The summed E-state index contributed by atoms with van der Waals surface area (Å²) in [6, 6.07) is 21.1. The van der Waals surface area contributed by atoms with E-state index in [4.69, 9.17) is 10.1 Å². The van der Waals surface area contributed by atoms with Crippen LogP contribution in [0, 0.1) is 0 Å². The van der Waals surface area contributed by atoms with Crippen molar-refractivity contribution < 1.29 is 30.0 Å². The Kier molecular flexibility index (Phi) is 6.59. The molecule has 0 fully saturated rings. The molecular weight excluding hydrogens is 605 g/mol. The molecule has 4 aromatic heterocycles. The zero-order chi connectivity index (χ0) is 22.9. The van der Waals surface area contributed by atoms with Gasteiger partial charge in [-0.05, 0) is 64.6 Å². The molecule has 0 unspecified atom stereocenters. The number of ketones is 1. The van der Waals surface area contributed by atoms with Crippen LogP contribution < -0.4 is 4.98 Å². The van der Waals surface area contributed by atoms with Crippen LogP contribution in [0.5, 0.6) is 0 Å². The van der Waals surface area contributed by atoms with Gasteiger partial charge in [0.2, 0.25) is 0 Å². The number of allylic oxidation sites excluding steroid dienone is 2. The number of hydrogen-bond donors (Lipinski definition) is 1. The summed E-state index contributed by atoms with van der Waals surface area (Å²) in [5.41, 5.74) is 2.94. The monoisotopic (exact) mass is 626 g/mol.